The third kappa shape index (κ3) is 4.79. The maximum absolute atomic E-state index is 11.2. The third-order valence-electron chi connectivity index (χ3n) is 1.89. The van der Waals surface area contributed by atoms with E-state index in [4.69, 9.17) is 4.52 Å². The Bertz CT molecular complexity index is 355. The lowest BCUT2D eigenvalue weighted by Crippen LogP contribution is -2.08. The molecule has 0 radical (unpaired) electrons. The van der Waals surface area contributed by atoms with Crippen LogP contribution in [0, 0.1) is 0 Å². The van der Waals surface area contributed by atoms with E-state index in [1.165, 1.54) is 0 Å². The average Bonchev–Trinajstić information content (AvgIpc) is 2.61. The molecule has 0 saturated heterocycles. The van der Waals surface area contributed by atoms with Crippen molar-refractivity contribution in [2.24, 2.45) is 0 Å². The van der Waals surface area contributed by atoms with Gasteiger partial charge in [0.05, 0.1) is 12.2 Å². The Labute approximate surface area is 100 Å². The van der Waals surface area contributed by atoms with E-state index in [0.717, 1.165) is 0 Å². The predicted octanol–water partition coefficient (Wildman–Crippen LogP) is 2.62. The monoisotopic (exact) mass is 242 g/mol. The van der Waals surface area contributed by atoms with Crippen LogP contribution in [0.1, 0.15) is 45.8 Å². The average molecular weight is 242 g/mol. The lowest BCUT2D eigenvalue weighted by atomic mass is 10.2. The first-order valence-corrected chi connectivity index (χ1v) is 6.36. The lowest BCUT2D eigenvalue weighted by molar-refractivity contribution is -0.118. The zero-order valence-electron chi connectivity index (χ0n) is 10.2. The minimum Gasteiger partial charge on any atom is -0.339 e. The minimum absolute atomic E-state index is 0.124. The Balaban J connectivity index is 2.48. The molecule has 0 spiro atoms. The van der Waals surface area contributed by atoms with Gasteiger partial charge in [0.2, 0.25) is 5.89 Å². The largest absolute Gasteiger partial charge is 0.339 e. The van der Waals surface area contributed by atoms with Gasteiger partial charge < -0.3 is 4.52 Å². The molecule has 0 aliphatic carbocycles. The molecule has 4 nitrogen and oxygen atoms in total. The van der Waals surface area contributed by atoms with Crippen molar-refractivity contribution in [2.75, 3.05) is 0 Å². The molecule has 1 aromatic heterocycles. The first-order chi connectivity index (χ1) is 7.40. The second kappa shape index (κ2) is 5.48. The number of carbonyl (C=O) groups excluding carboxylic acids is 1. The van der Waals surface area contributed by atoms with Gasteiger partial charge >= 0.3 is 0 Å². The number of nitrogens with zero attached hydrogens (tertiary/aromatic N) is 2. The van der Waals surface area contributed by atoms with Gasteiger partial charge in [-0.25, -0.2) is 0 Å². The number of hydrogen-bond acceptors (Lipinski definition) is 5. The van der Waals surface area contributed by atoms with Gasteiger partial charge in [-0.1, -0.05) is 32.9 Å². The summed E-state index contributed by atoms with van der Waals surface area (Å²) in [7, 11) is 0. The predicted molar refractivity (Wildman–Crippen MR) is 64.3 cm³/mol. The number of carbonyl (C=O) groups is 1. The van der Waals surface area contributed by atoms with E-state index < -0.39 is 0 Å². The van der Waals surface area contributed by atoms with Crippen molar-refractivity contribution in [3.63, 3.8) is 0 Å². The summed E-state index contributed by atoms with van der Waals surface area (Å²) < 4.78 is 5.19. The van der Waals surface area contributed by atoms with E-state index in [1.807, 2.05) is 6.92 Å². The van der Waals surface area contributed by atoms with E-state index >= 15 is 0 Å². The summed E-state index contributed by atoms with van der Waals surface area (Å²) in [5.74, 6) is 1.93. The number of Topliss-reactive ketones (excluding diaryl/α,β-unsaturated/α-hetero) is 1. The highest BCUT2D eigenvalue weighted by molar-refractivity contribution is 7.99. The SMILES string of the molecule is CCC(=O)Cc1nc(CSC(C)(C)C)no1. The molecule has 0 aliphatic heterocycles. The Kier molecular flexibility index (Phi) is 4.53. The van der Waals surface area contributed by atoms with Crippen molar-refractivity contribution < 1.29 is 9.32 Å². The van der Waals surface area contributed by atoms with Gasteiger partial charge in [-0.05, 0) is 0 Å². The highest BCUT2D eigenvalue weighted by atomic mass is 32.2. The molecule has 0 aromatic carbocycles. The molecule has 0 unspecified atom stereocenters. The summed E-state index contributed by atoms with van der Waals surface area (Å²) in [5, 5.41) is 3.85. The van der Waals surface area contributed by atoms with E-state index in [2.05, 4.69) is 30.9 Å². The molecule has 0 amide bonds. The Morgan fingerprint density at radius 3 is 2.69 bits per heavy atom. The normalized spacial score (nSPS) is 11.8. The van der Waals surface area contributed by atoms with Gasteiger partial charge in [-0.2, -0.15) is 4.98 Å². The fourth-order valence-electron chi connectivity index (χ4n) is 0.995. The van der Waals surface area contributed by atoms with Gasteiger partial charge in [0.25, 0.3) is 0 Å². The molecule has 1 aromatic rings. The summed E-state index contributed by atoms with van der Waals surface area (Å²) in [6, 6.07) is 0. The van der Waals surface area contributed by atoms with Gasteiger partial charge in [-0.15, -0.1) is 11.8 Å². The topological polar surface area (TPSA) is 56.0 Å². The second-order valence-corrected chi connectivity index (χ2v) is 6.38. The Hall–Kier alpha value is -0.840. The quantitative estimate of drug-likeness (QED) is 0.794. The summed E-state index contributed by atoms with van der Waals surface area (Å²) in [6.07, 6.45) is 0.762. The molecule has 0 saturated carbocycles. The van der Waals surface area contributed by atoms with Crippen LogP contribution in [0.15, 0.2) is 4.52 Å². The Morgan fingerprint density at radius 1 is 1.44 bits per heavy atom. The van der Waals surface area contributed by atoms with Crippen molar-refractivity contribution in [2.45, 2.75) is 51.0 Å². The molecule has 0 aliphatic rings. The van der Waals surface area contributed by atoms with E-state index in [0.29, 0.717) is 23.9 Å². The molecule has 90 valence electrons. The van der Waals surface area contributed by atoms with E-state index in [9.17, 15) is 4.79 Å². The highest BCUT2D eigenvalue weighted by Crippen LogP contribution is 2.26. The fraction of sp³-hybridized carbons (Fsp3) is 0.727. The molecule has 0 N–H and O–H groups in total. The molecule has 1 heterocycles. The smallest absolute Gasteiger partial charge is 0.234 e. The fourth-order valence-corrected chi connectivity index (χ4v) is 1.67. The van der Waals surface area contributed by atoms with Gasteiger partial charge in [0.15, 0.2) is 5.82 Å². The molecular weight excluding hydrogens is 224 g/mol. The third-order valence-corrected chi connectivity index (χ3v) is 3.16. The van der Waals surface area contributed by atoms with E-state index in [1.54, 1.807) is 11.8 Å². The van der Waals surface area contributed by atoms with Crippen molar-refractivity contribution in [3.05, 3.63) is 11.7 Å². The van der Waals surface area contributed by atoms with Crippen LogP contribution < -0.4 is 0 Å². The number of thioether (sulfide) groups is 1. The van der Waals surface area contributed by atoms with Crippen molar-refractivity contribution >= 4 is 17.5 Å². The van der Waals surface area contributed by atoms with Crippen LogP contribution in [0.3, 0.4) is 0 Å². The van der Waals surface area contributed by atoms with Crippen molar-refractivity contribution in [1.82, 2.24) is 10.1 Å². The summed E-state index contributed by atoms with van der Waals surface area (Å²) in [4.78, 5) is 15.4. The molecule has 0 fully saturated rings. The van der Waals surface area contributed by atoms with Gasteiger partial charge in [0, 0.05) is 11.2 Å². The number of ketones is 1. The summed E-state index contributed by atoms with van der Waals surface area (Å²) >= 11 is 1.75. The standard InChI is InChI=1S/C11H18N2O2S/c1-5-8(14)6-10-12-9(13-15-10)7-16-11(2,3)4/h5-7H2,1-4H3. The summed E-state index contributed by atoms with van der Waals surface area (Å²) in [6.45, 7) is 8.24. The maximum atomic E-state index is 11.2. The van der Waals surface area contributed by atoms with Crippen molar-refractivity contribution in [1.29, 1.82) is 0 Å². The number of aromatic nitrogens is 2. The number of hydrogen-bond donors (Lipinski definition) is 0. The zero-order chi connectivity index (χ0) is 12.2. The van der Waals surface area contributed by atoms with Crippen LogP contribution in [-0.4, -0.2) is 20.7 Å². The van der Waals surface area contributed by atoms with Crippen LogP contribution in [0.4, 0.5) is 0 Å². The molecule has 0 atom stereocenters. The summed E-state index contributed by atoms with van der Waals surface area (Å²) in [5.41, 5.74) is 0. The van der Waals surface area contributed by atoms with Crippen LogP contribution in [-0.2, 0) is 17.0 Å². The van der Waals surface area contributed by atoms with Crippen LogP contribution in [0.25, 0.3) is 0 Å². The van der Waals surface area contributed by atoms with Crippen LogP contribution >= 0.6 is 11.8 Å². The van der Waals surface area contributed by atoms with E-state index in [-0.39, 0.29) is 17.0 Å². The first kappa shape index (κ1) is 13.2. The molecular formula is C11H18N2O2S. The molecule has 1 rings (SSSR count). The van der Waals surface area contributed by atoms with Crippen LogP contribution in [0.5, 0.6) is 0 Å². The zero-order valence-corrected chi connectivity index (χ0v) is 11.1. The lowest BCUT2D eigenvalue weighted by Gasteiger charge is -2.15. The Morgan fingerprint density at radius 2 is 2.12 bits per heavy atom. The molecule has 5 heteroatoms. The van der Waals surface area contributed by atoms with Crippen LogP contribution in [0.2, 0.25) is 0 Å². The molecule has 0 bridgehead atoms. The molecule has 16 heavy (non-hydrogen) atoms. The maximum Gasteiger partial charge on any atom is 0.234 e. The van der Waals surface area contributed by atoms with Gasteiger partial charge in [-0.3, -0.25) is 4.79 Å². The number of rotatable bonds is 5. The second-order valence-electron chi connectivity index (χ2n) is 4.57. The van der Waals surface area contributed by atoms with Gasteiger partial charge in [0.1, 0.15) is 5.78 Å². The van der Waals surface area contributed by atoms with Crippen molar-refractivity contribution in [3.8, 4) is 0 Å². The minimum atomic E-state index is 0.124. The highest BCUT2D eigenvalue weighted by Gasteiger charge is 2.14. The first-order valence-electron chi connectivity index (χ1n) is 5.38.